The molecule has 1 aromatic heterocycles. The van der Waals surface area contributed by atoms with Crippen molar-refractivity contribution in [1.82, 2.24) is 46.4 Å². The van der Waals surface area contributed by atoms with Crippen LogP contribution >= 0.6 is 0 Å². The maximum absolute atomic E-state index is 15.4. The van der Waals surface area contributed by atoms with E-state index < -0.39 is 132 Å². The maximum Gasteiger partial charge on any atom is 0.333 e. The van der Waals surface area contributed by atoms with E-state index in [1.807, 2.05) is 44.2 Å². The number of nitrogens with two attached hydrogens (primary N) is 1. The van der Waals surface area contributed by atoms with Gasteiger partial charge in [-0.25, -0.2) is 13.6 Å². The first-order valence-corrected chi connectivity index (χ1v) is 28.0. The smallest absolute Gasteiger partial charge is 0.333 e. The molecule has 1 saturated heterocycles. The molecule has 2 heterocycles. The van der Waals surface area contributed by atoms with Crippen LogP contribution in [-0.4, -0.2) is 146 Å². The van der Waals surface area contributed by atoms with Crippen LogP contribution in [0, 0.1) is 17.0 Å². The normalized spacial score (nSPS) is 13.5. The third-order valence-corrected chi connectivity index (χ3v) is 12.8. The second kappa shape index (κ2) is 36.7. The predicted molar refractivity (Wildman–Crippen MR) is 310 cm³/mol. The van der Waals surface area contributed by atoms with Crippen LogP contribution in [0.15, 0.2) is 73.6 Å². The molecule has 10 amide bonds. The van der Waals surface area contributed by atoms with Gasteiger partial charge in [-0.2, -0.15) is 0 Å². The molecule has 10 N–H and O–H groups in total. The van der Waals surface area contributed by atoms with Crippen molar-refractivity contribution in [3.63, 3.8) is 0 Å². The molecule has 0 aliphatic carbocycles. The van der Waals surface area contributed by atoms with E-state index >= 15 is 4.39 Å². The Labute approximate surface area is 498 Å². The van der Waals surface area contributed by atoms with E-state index in [4.69, 9.17) is 15.7 Å². The van der Waals surface area contributed by atoms with E-state index in [9.17, 15) is 67.0 Å². The van der Waals surface area contributed by atoms with Gasteiger partial charge in [-0.3, -0.25) is 47.9 Å². The zero-order valence-corrected chi connectivity index (χ0v) is 49.9. The Bertz CT molecular complexity index is 2840. The van der Waals surface area contributed by atoms with Gasteiger partial charge in [0.2, 0.25) is 47.3 Å². The molecule has 0 saturated carbocycles. The lowest BCUT2D eigenvalue weighted by atomic mass is 9.82. The number of aromatic nitrogens is 1. The van der Waals surface area contributed by atoms with Gasteiger partial charge in [-0.05, 0) is 75.3 Å². The van der Waals surface area contributed by atoms with Gasteiger partial charge in [0.05, 0.1) is 25.3 Å². The number of ketones is 1. The van der Waals surface area contributed by atoms with Gasteiger partial charge in [-0.1, -0.05) is 71.5 Å². The minimum atomic E-state index is -1.78. The Balaban J connectivity index is 0.00000488. The average molecular weight is 1210 g/mol. The minimum absolute atomic E-state index is 0.0690. The SMILES string of the molecule is C=CO.CC.CC(=O)CCC(C)NC(=O)CCNC(=O)C(CCN(C(=O)CO)C(c1cc(-c2cc(F)ccc2F)cn1Cc1ccccc1)C(C)(C)C)NC(=O)C(CC(N)=O)NC(=O)C(C)NC(=O)CNC(=O)CCCC(=O)ON1C(=O)CCC1=O. The number of benzene rings is 2. The highest BCUT2D eigenvalue weighted by molar-refractivity contribution is 6.01. The van der Waals surface area contributed by atoms with Crippen molar-refractivity contribution >= 4 is 70.8 Å². The molecule has 1 aliphatic rings. The largest absolute Gasteiger partial charge is 0.516 e. The molecule has 3 aromatic rings. The Kier molecular flexibility index (Phi) is 31.3. The molecule has 5 unspecified atom stereocenters. The molecular formula is C59H82F2N10O15. The molecule has 0 spiro atoms. The number of rotatable bonds is 31. The summed E-state index contributed by atoms with van der Waals surface area (Å²) in [7, 11) is 0. The number of hydrogen-bond acceptors (Lipinski definition) is 15. The van der Waals surface area contributed by atoms with E-state index in [1.165, 1.54) is 18.7 Å². The highest BCUT2D eigenvalue weighted by Gasteiger charge is 2.39. The van der Waals surface area contributed by atoms with Crippen LogP contribution in [0.25, 0.3) is 11.1 Å². The van der Waals surface area contributed by atoms with Gasteiger partial charge in [-0.15, -0.1) is 5.06 Å². The fourth-order valence-electron chi connectivity index (χ4n) is 8.70. The summed E-state index contributed by atoms with van der Waals surface area (Å²) in [6.07, 6.45) is 0.602. The van der Waals surface area contributed by atoms with E-state index in [-0.39, 0.29) is 87.5 Å². The third kappa shape index (κ3) is 25.1. The highest BCUT2D eigenvalue weighted by atomic mass is 19.1. The summed E-state index contributed by atoms with van der Waals surface area (Å²) < 4.78 is 31.8. The van der Waals surface area contributed by atoms with E-state index in [0.717, 1.165) is 30.0 Å². The van der Waals surface area contributed by atoms with Crippen LogP contribution in [0.1, 0.15) is 137 Å². The number of nitrogens with zero attached hydrogens (tertiary/aromatic N) is 3. The summed E-state index contributed by atoms with van der Waals surface area (Å²) in [4.78, 5) is 159. The number of carbonyl (C=O) groups excluding carboxylic acids is 12. The molecule has 86 heavy (non-hydrogen) atoms. The summed E-state index contributed by atoms with van der Waals surface area (Å²) in [5.41, 5.74) is 6.00. The Morgan fingerprint density at radius 2 is 1.42 bits per heavy atom. The lowest BCUT2D eigenvalue weighted by Gasteiger charge is -2.41. The fourth-order valence-corrected chi connectivity index (χ4v) is 8.70. The Hall–Kier alpha value is -8.88. The molecular weight excluding hydrogens is 1130 g/mol. The van der Waals surface area contributed by atoms with Crippen LogP contribution in [0.3, 0.4) is 0 Å². The molecule has 5 atom stereocenters. The van der Waals surface area contributed by atoms with Crippen molar-refractivity contribution in [2.45, 2.75) is 156 Å². The van der Waals surface area contributed by atoms with Crippen molar-refractivity contribution in [3.05, 3.63) is 96.5 Å². The zero-order chi connectivity index (χ0) is 64.8. The standard InChI is InChI=1S/C55H72F2N10O14.C2H4O.C2H6/c1-32(15-16-33(2)69)61-45(72)21-23-59-53(79)40(63-54(80)41(27-43(58)70)64-52(78)34(3)62-46(73)28-60-44(71)13-10-14-50(77)81-67-47(74)19-20-48(67)75)22-24-66(49(76)31-68)51(55(4,5)6)42-25-36(38-26-37(56)17-18-39(38)57)30-65(42)29-35-11-8-7-9-12-35;1-2-3;1-2/h7-9,11-12,17-18,25-26,30,32,34,40-41,51,68H,10,13-16,19-24,27-29,31H2,1-6H3,(H2,58,70)(H,59,79)(H,60,71)(H,61,72)(H,62,73)(H,63,80)(H,64,78);2-3H,1H2;1-2H3. The maximum atomic E-state index is 15.4. The molecule has 27 heteroatoms. The number of Topliss-reactive ketones (excluding diaryl/α,β-unsaturated/α-hetero) is 1. The monoisotopic (exact) mass is 1210 g/mol. The van der Waals surface area contributed by atoms with Crippen molar-refractivity contribution in [1.29, 1.82) is 0 Å². The number of hydroxylamine groups is 2. The lowest BCUT2D eigenvalue weighted by Crippen LogP contribution is -2.58. The number of halogens is 2. The minimum Gasteiger partial charge on any atom is -0.516 e. The van der Waals surface area contributed by atoms with Crippen molar-refractivity contribution in [3.8, 4) is 11.1 Å². The van der Waals surface area contributed by atoms with Crippen LogP contribution in [0.2, 0.25) is 0 Å². The summed E-state index contributed by atoms with van der Waals surface area (Å²) in [6.45, 7) is 14.5. The zero-order valence-electron chi connectivity index (χ0n) is 49.9. The van der Waals surface area contributed by atoms with Crippen LogP contribution in [0.4, 0.5) is 8.78 Å². The first kappa shape index (κ1) is 73.2. The van der Waals surface area contributed by atoms with Gasteiger partial charge in [0.25, 0.3) is 11.8 Å². The fraction of sp³-hybridized carbons (Fsp3) is 0.492. The van der Waals surface area contributed by atoms with E-state index in [2.05, 4.69) is 38.5 Å². The summed E-state index contributed by atoms with van der Waals surface area (Å²) in [5.74, 6) is -10.7. The van der Waals surface area contributed by atoms with Crippen molar-refractivity contribution in [2.75, 3.05) is 26.2 Å². The number of primary amides is 1. The summed E-state index contributed by atoms with van der Waals surface area (Å²) in [5, 5.41) is 33.0. The molecule has 4 rings (SSSR count). The third-order valence-electron chi connectivity index (χ3n) is 12.8. The second-order valence-electron chi connectivity index (χ2n) is 20.9. The van der Waals surface area contributed by atoms with Gasteiger partial charge >= 0.3 is 5.97 Å². The van der Waals surface area contributed by atoms with Gasteiger partial charge in [0.1, 0.15) is 42.2 Å². The number of aliphatic hydroxyl groups is 2. The molecule has 2 aromatic carbocycles. The van der Waals surface area contributed by atoms with Gasteiger partial charge in [0, 0.05) is 87.2 Å². The number of nitrogens with one attached hydrogen (secondary N) is 6. The van der Waals surface area contributed by atoms with Gasteiger partial charge < -0.3 is 66.9 Å². The quantitative estimate of drug-likeness (QED) is 0.0330. The number of hydrogen-bond donors (Lipinski definition) is 9. The summed E-state index contributed by atoms with van der Waals surface area (Å²) in [6, 6.07) is 7.56. The Morgan fingerprint density at radius 3 is 2.01 bits per heavy atom. The average Bonchev–Trinajstić information content (AvgIpc) is 1.68. The first-order valence-electron chi connectivity index (χ1n) is 28.0. The van der Waals surface area contributed by atoms with Crippen molar-refractivity contribution < 1.29 is 81.4 Å². The lowest BCUT2D eigenvalue weighted by molar-refractivity contribution is -0.197. The molecule has 1 fully saturated rings. The van der Waals surface area contributed by atoms with Crippen LogP contribution in [-0.2, 0) is 68.9 Å². The molecule has 25 nitrogen and oxygen atoms in total. The molecule has 472 valence electrons. The number of amides is 10. The molecule has 0 bridgehead atoms. The molecule has 1 aliphatic heterocycles. The van der Waals surface area contributed by atoms with Crippen molar-refractivity contribution in [2.24, 2.45) is 11.1 Å². The van der Waals surface area contributed by atoms with E-state index in [1.54, 1.807) is 44.5 Å². The Morgan fingerprint density at radius 1 is 0.791 bits per heavy atom. The van der Waals surface area contributed by atoms with Gasteiger partial charge in [0.15, 0.2) is 0 Å². The van der Waals surface area contributed by atoms with Crippen LogP contribution in [0.5, 0.6) is 0 Å². The second-order valence-corrected chi connectivity index (χ2v) is 20.9. The number of aliphatic hydroxyl groups excluding tert-OH is 2. The van der Waals surface area contributed by atoms with E-state index in [0.29, 0.717) is 17.2 Å². The first-order chi connectivity index (χ1) is 40.6. The number of carbonyl (C=O) groups is 12. The number of imide groups is 1. The summed E-state index contributed by atoms with van der Waals surface area (Å²) >= 11 is 0. The van der Waals surface area contributed by atoms with Crippen LogP contribution < -0.4 is 37.6 Å². The molecule has 0 radical (unpaired) electrons. The highest BCUT2D eigenvalue weighted by Crippen LogP contribution is 2.41. The predicted octanol–water partition coefficient (Wildman–Crippen LogP) is 3.12. The topological polar surface area (TPSA) is 364 Å².